The summed E-state index contributed by atoms with van der Waals surface area (Å²) in [5.74, 6) is -0.654. The van der Waals surface area contributed by atoms with E-state index in [1.165, 1.54) is 11.1 Å². The molecule has 5 heteroatoms. The molecule has 0 saturated carbocycles. The summed E-state index contributed by atoms with van der Waals surface area (Å²) < 4.78 is 0. The summed E-state index contributed by atoms with van der Waals surface area (Å²) in [6, 6.07) is 16.0. The molecule has 0 aliphatic carbocycles. The van der Waals surface area contributed by atoms with Gasteiger partial charge in [0.05, 0.1) is 12.1 Å². The van der Waals surface area contributed by atoms with Crippen LogP contribution in [0.3, 0.4) is 0 Å². The van der Waals surface area contributed by atoms with Gasteiger partial charge >= 0.3 is 0 Å². The first-order valence-corrected chi connectivity index (χ1v) is 10.1. The lowest BCUT2D eigenvalue weighted by atomic mass is 9.87. The molecule has 3 rings (SSSR count). The third-order valence-electron chi connectivity index (χ3n) is 5.32. The number of amides is 2. The molecule has 1 N–H and O–H groups in total. The first-order valence-electron chi connectivity index (χ1n) is 10.1. The quantitative estimate of drug-likeness (QED) is 0.617. The fourth-order valence-corrected chi connectivity index (χ4v) is 3.38. The van der Waals surface area contributed by atoms with Crippen LogP contribution >= 0.6 is 0 Å². The monoisotopic (exact) mass is 391 g/mol. The van der Waals surface area contributed by atoms with E-state index >= 15 is 0 Å². The van der Waals surface area contributed by atoms with E-state index in [0.717, 1.165) is 17.7 Å². The molecule has 0 aromatic heterocycles. The highest BCUT2D eigenvalue weighted by Gasteiger charge is 2.35. The summed E-state index contributed by atoms with van der Waals surface area (Å²) in [4.78, 5) is 26.5. The van der Waals surface area contributed by atoms with Crippen molar-refractivity contribution < 1.29 is 9.59 Å². The Morgan fingerprint density at radius 1 is 1.14 bits per heavy atom. The molecule has 2 amide bonds. The zero-order valence-corrected chi connectivity index (χ0v) is 17.6. The third-order valence-corrected chi connectivity index (χ3v) is 5.32. The Balaban J connectivity index is 1.57. The number of carbonyl (C=O) groups excluding carboxylic acids is 2. The fraction of sp³-hybridized carbons (Fsp3) is 0.375. The Labute approximate surface area is 172 Å². The molecule has 0 radical (unpaired) electrons. The zero-order chi connectivity index (χ0) is 21.0. The Kier molecular flexibility index (Phi) is 6.16. The fourth-order valence-electron chi connectivity index (χ4n) is 3.38. The molecule has 1 aliphatic rings. The molecule has 2 aromatic rings. The van der Waals surface area contributed by atoms with Crippen molar-refractivity contribution in [3.63, 3.8) is 0 Å². The summed E-state index contributed by atoms with van der Waals surface area (Å²) in [6.45, 7) is 8.98. The van der Waals surface area contributed by atoms with Crippen molar-refractivity contribution in [1.29, 1.82) is 0 Å². The van der Waals surface area contributed by atoms with E-state index < -0.39 is 5.92 Å². The first-order chi connectivity index (χ1) is 13.8. The van der Waals surface area contributed by atoms with Crippen molar-refractivity contribution in [1.82, 2.24) is 5.43 Å². The summed E-state index contributed by atoms with van der Waals surface area (Å²) in [5, 5.41) is 4.07. The predicted octanol–water partition coefficient (Wildman–Crippen LogP) is 4.05. The maximum Gasteiger partial charge on any atom is 0.245 e. The van der Waals surface area contributed by atoms with Crippen molar-refractivity contribution in [2.45, 2.75) is 46.0 Å². The van der Waals surface area contributed by atoms with Crippen molar-refractivity contribution in [3.05, 3.63) is 65.2 Å². The minimum Gasteiger partial charge on any atom is -0.312 e. The Hall–Kier alpha value is -2.95. The molecule has 1 atom stereocenters. The number of nitrogens with one attached hydrogen (secondary N) is 1. The molecule has 29 heavy (non-hydrogen) atoms. The second-order valence-corrected chi connectivity index (χ2v) is 8.53. The maximum atomic E-state index is 12.4. The van der Waals surface area contributed by atoms with Crippen LogP contribution in [-0.2, 0) is 21.4 Å². The zero-order valence-electron chi connectivity index (χ0n) is 17.6. The van der Waals surface area contributed by atoms with Gasteiger partial charge in [0, 0.05) is 18.7 Å². The summed E-state index contributed by atoms with van der Waals surface area (Å²) >= 11 is 0. The molecule has 152 valence electrons. The number of nitrogens with zero attached hydrogens (tertiary/aromatic N) is 2. The largest absolute Gasteiger partial charge is 0.312 e. The van der Waals surface area contributed by atoms with Crippen LogP contribution < -0.4 is 10.3 Å². The second kappa shape index (κ2) is 8.60. The van der Waals surface area contributed by atoms with E-state index in [2.05, 4.69) is 50.4 Å². The number of hydrogen-bond donors (Lipinski definition) is 1. The number of benzene rings is 2. The highest BCUT2D eigenvalue weighted by atomic mass is 16.2. The number of hydrogen-bond acceptors (Lipinski definition) is 3. The van der Waals surface area contributed by atoms with Crippen LogP contribution in [0.2, 0.25) is 0 Å². The minimum absolute atomic E-state index is 0.0313. The predicted molar refractivity (Wildman–Crippen MR) is 117 cm³/mol. The molecule has 1 saturated heterocycles. The minimum atomic E-state index is -0.395. The van der Waals surface area contributed by atoms with Gasteiger partial charge < -0.3 is 4.90 Å². The van der Waals surface area contributed by atoms with Crippen LogP contribution in [0.25, 0.3) is 0 Å². The molecule has 1 aliphatic heterocycles. The van der Waals surface area contributed by atoms with Crippen LogP contribution in [0, 0.1) is 5.92 Å². The van der Waals surface area contributed by atoms with Crippen LogP contribution in [0.1, 0.15) is 50.8 Å². The lowest BCUT2D eigenvalue weighted by Gasteiger charge is -2.18. The highest BCUT2D eigenvalue weighted by molar-refractivity contribution is 6.00. The van der Waals surface area contributed by atoms with Crippen LogP contribution in [0.4, 0.5) is 5.69 Å². The van der Waals surface area contributed by atoms with E-state index in [4.69, 9.17) is 0 Å². The van der Waals surface area contributed by atoms with Gasteiger partial charge in [0.1, 0.15) is 0 Å². The smallest absolute Gasteiger partial charge is 0.245 e. The van der Waals surface area contributed by atoms with Crippen molar-refractivity contribution in [2.75, 3.05) is 11.4 Å². The van der Waals surface area contributed by atoms with Crippen molar-refractivity contribution in [3.8, 4) is 0 Å². The standard InChI is InChI=1S/C24H29N3O2/c1-5-17-8-12-21(13-9-17)27-16-19(14-22(27)28)23(29)26-25-15-18-6-10-20(11-7-18)24(2,3)4/h6-13,15,19H,5,14,16H2,1-4H3,(H,26,29)/b25-15+/t19-/m0/s1. The lowest BCUT2D eigenvalue weighted by Crippen LogP contribution is -2.30. The van der Waals surface area contributed by atoms with Gasteiger partial charge in [-0.15, -0.1) is 0 Å². The van der Waals surface area contributed by atoms with Crippen molar-refractivity contribution >= 4 is 23.7 Å². The van der Waals surface area contributed by atoms with Gasteiger partial charge in [-0.2, -0.15) is 5.10 Å². The van der Waals surface area contributed by atoms with Gasteiger partial charge in [-0.3, -0.25) is 9.59 Å². The van der Waals surface area contributed by atoms with E-state index in [0.29, 0.717) is 6.54 Å². The van der Waals surface area contributed by atoms with Crippen LogP contribution in [-0.4, -0.2) is 24.6 Å². The normalized spacial score (nSPS) is 17.2. The number of aryl methyl sites for hydroxylation is 1. The van der Waals surface area contributed by atoms with Crippen LogP contribution in [0.15, 0.2) is 53.6 Å². The molecule has 1 heterocycles. The molecule has 2 aromatic carbocycles. The third kappa shape index (κ3) is 5.11. The van der Waals surface area contributed by atoms with E-state index in [9.17, 15) is 9.59 Å². The molecule has 5 nitrogen and oxygen atoms in total. The average Bonchev–Trinajstić information content (AvgIpc) is 3.09. The van der Waals surface area contributed by atoms with Gasteiger partial charge in [-0.05, 0) is 40.7 Å². The van der Waals surface area contributed by atoms with Crippen molar-refractivity contribution in [2.24, 2.45) is 11.0 Å². The molecular weight excluding hydrogens is 362 g/mol. The SMILES string of the molecule is CCc1ccc(N2C[C@@H](C(=O)N/N=C/c3ccc(C(C)(C)C)cc3)CC2=O)cc1. The maximum absolute atomic E-state index is 12.4. The Morgan fingerprint density at radius 3 is 2.38 bits per heavy atom. The number of carbonyl (C=O) groups is 2. The molecule has 1 fully saturated rings. The van der Waals surface area contributed by atoms with Gasteiger partial charge in [0.25, 0.3) is 0 Å². The number of anilines is 1. The molecule has 0 spiro atoms. The van der Waals surface area contributed by atoms with E-state index in [1.807, 2.05) is 36.4 Å². The summed E-state index contributed by atoms with van der Waals surface area (Å²) in [7, 11) is 0. The topological polar surface area (TPSA) is 61.8 Å². The summed E-state index contributed by atoms with van der Waals surface area (Å²) in [5.41, 5.74) is 6.90. The van der Waals surface area contributed by atoms with Gasteiger partial charge in [0.2, 0.25) is 11.8 Å². The Bertz CT molecular complexity index is 893. The van der Waals surface area contributed by atoms with Gasteiger partial charge in [-0.1, -0.05) is 64.1 Å². The highest BCUT2D eigenvalue weighted by Crippen LogP contribution is 2.26. The lowest BCUT2D eigenvalue weighted by molar-refractivity contribution is -0.126. The first kappa shape index (κ1) is 20.8. The van der Waals surface area contributed by atoms with Gasteiger partial charge in [0.15, 0.2) is 0 Å². The van der Waals surface area contributed by atoms with Gasteiger partial charge in [-0.25, -0.2) is 5.43 Å². The Morgan fingerprint density at radius 2 is 1.79 bits per heavy atom. The second-order valence-electron chi connectivity index (χ2n) is 8.53. The van der Waals surface area contributed by atoms with E-state index in [1.54, 1.807) is 11.1 Å². The van der Waals surface area contributed by atoms with Crippen LogP contribution in [0.5, 0.6) is 0 Å². The molecule has 0 bridgehead atoms. The molecule has 0 unspecified atom stereocenters. The molecular formula is C24H29N3O2. The summed E-state index contributed by atoms with van der Waals surface area (Å²) in [6.07, 6.45) is 2.79. The average molecular weight is 392 g/mol. The number of hydrazone groups is 1. The number of rotatable bonds is 5. The van der Waals surface area contributed by atoms with E-state index in [-0.39, 0.29) is 23.7 Å².